The standard InChI is InChI=1S/C27H28ClF5N6O2/c1-13-9-38(2)23-18-22(36-25(37-23)41-12-26-4-3-5-39(26)10-14(29)8-26)20(30)21(35-24(18)40-11-13)16-6-15(34)7-17(28)19(16)27(31,32)33/h6-7,13-14H,3-5,8-12,34H2,1-2H3/t13?,14-,26+/m1/s1. The Morgan fingerprint density at radius 2 is 2.00 bits per heavy atom. The van der Waals surface area contributed by atoms with E-state index in [0.717, 1.165) is 31.5 Å². The molecular formula is C27H28ClF5N6O2. The first-order valence-corrected chi connectivity index (χ1v) is 13.7. The predicted molar refractivity (Wildman–Crippen MR) is 144 cm³/mol. The average Bonchev–Trinajstić information content (AvgIpc) is 3.40. The van der Waals surface area contributed by atoms with Crippen LogP contribution in [0.4, 0.5) is 33.5 Å². The monoisotopic (exact) mass is 598 g/mol. The second-order valence-electron chi connectivity index (χ2n) is 11.2. The Kier molecular flexibility index (Phi) is 6.80. The number of aromatic nitrogens is 3. The van der Waals surface area contributed by atoms with Crippen molar-refractivity contribution in [2.45, 2.75) is 44.1 Å². The van der Waals surface area contributed by atoms with Crippen molar-refractivity contribution in [2.24, 2.45) is 5.92 Å². The van der Waals surface area contributed by atoms with Crippen LogP contribution in [0, 0.1) is 11.7 Å². The van der Waals surface area contributed by atoms with Gasteiger partial charge in [-0.25, -0.2) is 13.8 Å². The molecule has 0 saturated carbocycles. The second-order valence-corrected chi connectivity index (χ2v) is 11.6. The fourth-order valence-electron chi connectivity index (χ4n) is 6.31. The van der Waals surface area contributed by atoms with Crippen molar-refractivity contribution < 1.29 is 31.4 Å². The van der Waals surface area contributed by atoms with Crippen molar-refractivity contribution in [2.75, 3.05) is 50.5 Å². The molecule has 1 aromatic carbocycles. The fraction of sp³-hybridized carbons (Fsp3) is 0.519. The largest absolute Gasteiger partial charge is 0.477 e. The highest BCUT2D eigenvalue weighted by Crippen LogP contribution is 2.46. The number of rotatable bonds is 4. The molecule has 2 N–H and O–H groups in total. The first kappa shape index (κ1) is 28.0. The van der Waals surface area contributed by atoms with E-state index in [-0.39, 0.29) is 53.4 Å². The molecule has 0 aliphatic carbocycles. The number of nitrogens with zero attached hydrogens (tertiary/aromatic N) is 5. The van der Waals surface area contributed by atoms with E-state index in [2.05, 4.69) is 19.9 Å². The summed E-state index contributed by atoms with van der Waals surface area (Å²) in [6.07, 6.45) is -3.97. The molecule has 41 heavy (non-hydrogen) atoms. The van der Waals surface area contributed by atoms with Gasteiger partial charge in [-0.3, -0.25) is 4.90 Å². The first-order valence-electron chi connectivity index (χ1n) is 13.3. The van der Waals surface area contributed by atoms with Crippen molar-refractivity contribution in [3.63, 3.8) is 0 Å². The van der Waals surface area contributed by atoms with Gasteiger partial charge in [0, 0.05) is 43.7 Å². The molecular weight excluding hydrogens is 571 g/mol. The minimum absolute atomic E-state index is 0.0312. The minimum atomic E-state index is -4.93. The van der Waals surface area contributed by atoms with Crippen molar-refractivity contribution in [1.82, 2.24) is 19.9 Å². The molecule has 3 atom stereocenters. The molecule has 0 bridgehead atoms. The lowest BCUT2D eigenvalue weighted by Crippen LogP contribution is -2.43. The fourth-order valence-corrected chi connectivity index (χ4v) is 6.64. The van der Waals surface area contributed by atoms with Crippen LogP contribution in [-0.4, -0.2) is 71.5 Å². The van der Waals surface area contributed by atoms with Crippen LogP contribution in [0.15, 0.2) is 12.1 Å². The quantitative estimate of drug-likeness (QED) is 0.311. The molecule has 220 valence electrons. The van der Waals surface area contributed by atoms with Gasteiger partial charge in [0.05, 0.1) is 22.7 Å². The summed E-state index contributed by atoms with van der Waals surface area (Å²) < 4.78 is 84.9. The van der Waals surface area contributed by atoms with Gasteiger partial charge in [-0.2, -0.15) is 23.1 Å². The van der Waals surface area contributed by atoms with E-state index in [0.29, 0.717) is 19.5 Å². The van der Waals surface area contributed by atoms with Crippen molar-refractivity contribution in [3.8, 4) is 23.1 Å². The molecule has 3 aliphatic heterocycles. The van der Waals surface area contributed by atoms with Gasteiger partial charge in [0.2, 0.25) is 5.88 Å². The van der Waals surface area contributed by atoms with Crippen LogP contribution in [0.2, 0.25) is 5.02 Å². The highest BCUT2D eigenvalue weighted by molar-refractivity contribution is 6.32. The van der Waals surface area contributed by atoms with Crippen LogP contribution < -0.4 is 20.1 Å². The minimum Gasteiger partial charge on any atom is -0.477 e. The molecule has 0 amide bonds. The lowest BCUT2D eigenvalue weighted by molar-refractivity contribution is -0.137. The Hall–Kier alpha value is -3.19. The van der Waals surface area contributed by atoms with Crippen LogP contribution in [0.25, 0.3) is 22.2 Å². The summed E-state index contributed by atoms with van der Waals surface area (Å²) in [5, 5.41) is -0.594. The molecule has 8 nitrogen and oxygen atoms in total. The normalized spacial score (nSPS) is 24.7. The summed E-state index contributed by atoms with van der Waals surface area (Å²) in [5.41, 5.74) is 2.28. The Bertz CT molecular complexity index is 1520. The van der Waals surface area contributed by atoms with E-state index in [4.69, 9.17) is 26.8 Å². The van der Waals surface area contributed by atoms with Gasteiger partial charge in [-0.1, -0.05) is 18.5 Å². The Morgan fingerprint density at radius 1 is 1.22 bits per heavy atom. The Morgan fingerprint density at radius 3 is 2.76 bits per heavy atom. The zero-order chi connectivity index (χ0) is 29.3. The van der Waals surface area contributed by atoms with Gasteiger partial charge in [0.15, 0.2) is 5.82 Å². The van der Waals surface area contributed by atoms with E-state index in [1.165, 1.54) is 0 Å². The first-order chi connectivity index (χ1) is 19.4. The molecule has 6 rings (SSSR count). The summed E-state index contributed by atoms with van der Waals surface area (Å²) in [6.45, 7) is 3.73. The third-order valence-electron chi connectivity index (χ3n) is 8.05. The van der Waals surface area contributed by atoms with Gasteiger partial charge in [-0.05, 0) is 31.5 Å². The second kappa shape index (κ2) is 9.97. The SMILES string of the molecule is CC1COc2nc(-c3cc(N)cc(Cl)c3C(F)(F)F)c(F)c3nc(OC[C@@]45CCCN4C[C@H](F)C5)nc(c23)N(C)C1. The van der Waals surface area contributed by atoms with E-state index in [1.54, 1.807) is 11.9 Å². The summed E-state index contributed by atoms with van der Waals surface area (Å²) in [4.78, 5) is 16.9. The van der Waals surface area contributed by atoms with Gasteiger partial charge >= 0.3 is 12.2 Å². The van der Waals surface area contributed by atoms with Gasteiger partial charge in [0.25, 0.3) is 0 Å². The third kappa shape index (κ3) is 4.86. The number of halogens is 6. The van der Waals surface area contributed by atoms with Gasteiger partial charge in [-0.15, -0.1) is 0 Å². The number of ether oxygens (including phenoxy) is 2. The topological polar surface area (TPSA) is 89.6 Å². The molecule has 2 fully saturated rings. The maximum Gasteiger partial charge on any atom is 0.418 e. The molecule has 3 aromatic rings. The summed E-state index contributed by atoms with van der Waals surface area (Å²) in [5.74, 6) is -1.04. The third-order valence-corrected chi connectivity index (χ3v) is 8.34. The maximum atomic E-state index is 16.3. The number of benzene rings is 1. The Labute approximate surface area is 237 Å². The Balaban J connectivity index is 1.53. The molecule has 1 unspecified atom stereocenters. The molecule has 3 aliphatic rings. The van der Waals surface area contributed by atoms with Gasteiger partial charge < -0.3 is 20.1 Å². The zero-order valence-corrected chi connectivity index (χ0v) is 23.1. The van der Waals surface area contributed by atoms with Crippen LogP contribution >= 0.6 is 11.6 Å². The van der Waals surface area contributed by atoms with Crippen LogP contribution in [-0.2, 0) is 6.18 Å². The lowest BCUT2D eigenvalue weighted by atomic mass is 9.95. The molecule has 2 saturated heterocycles. The average molecular weight is 599 g/mol. The number of hydrogen-bond acceptors (Lipinski definition) is 8. The number of hydrogen-bond donors (Lipinski definition) is 1. The number of pyridine rings is 1. The number of nitrogen functional groups attached to an aromatic ring is 1. The van der Waals surface area contributed by atoms with E-state index < -0.39 is 45.5 Å². The number of anilines is 2. The highest BCUT2D eigenvalue weighted by atomic mass is 35.5. The molecule has 2 aromatic heterocycles. The smallest absolute Gasteiger partial charge is 0.418 e. The van der Waals surface area contributed by atoms with Crippen molar-refractivity contribution >= 4 is 34.0 Å². The van der Waals surface area contributed by atoms with Crippen molar-refractivity contribution in [3.05, 3.63) is 28.5 Å². The maximum absolute atomic E-state index is 16.3. The predicted octanol–water partition coefficient (Wildman–Crippen LogP) is 5.51. The lowest BCUT2D eigenvalue weighted by Gasteiger charge is -2.31. The summed E-state index contributed by atoms with van der Waals surface area (Å²) in [6, 6.07) is 1.74. The molecule has 0 spiro atoms. The number of alkyl halides is 4. The van der Waals surface area contributed by atoms with Crippen LogP contribution in [0.1, 0.15) is 31.7 Å². The van der Waals surface area contributed by atoms with Crippen LogP contribution in [0.5, 0.6) is 11.9 Å². The number of fused-ring (bicyclic) bond motifs is 1. The van der Waals surface area contributed by atoms with E-state index >= 15 is 4.39 Å². The van der Waals surface area contributed by atoms with Crippen LogP contribution in [0.3, 0.4) is 0 Å². The molecule has 14 heteroatoms. The number of nitrogens with two attached hydrogens (primary N) is 1. The van der Waals surface area contributed by atoms with E-state index in [1.807, 2.05) is 6.92 Å². The molecule has 5 heterocycles. The zero-order valence-electron chi connectivity index (χ0n) is 22.4. The summed E-state index contributed by atoms with van der Waals surface area (Å²) in [7, 11) is 1.75. The van der Waals surface area contributed by atoms with E-state index in [9.17, 15) is 17.6 Å². The van der Waals surface area contributed by atoms with Crippen molar-refractivity contribution in [1.29, 1.82) is 0 Å². The molecule has 0 radical (unpaired) electrons. The summed E-state index contributed by atoms with van der Waals surface area (Å²) >= 11 is 5.95. The highest BCUT2D eigenvalue weighted by Gasteiger charge is 2.49. The van der Waals surface area contributed by atoms with Gasteiger partial charge in [0.1, 0.15) is 35.2 Å².